The molecule has 0 aromatic carbocycles. The van der Waals surface area contributed by atoms with Crippen LogP contribution in [-0.2, 0) is 13.0 Å². The van der Waals surface area contributed by atoms with Gasteiger partial charge in [0, 0.05) is 19.6 Å². The smallest absolute Gasteiger partial charge is 0.262 e. The van der Waals surface area contributed by atoms with E-state index in [2.05, 4.69) is 11.6 Å². The molecule has 5 nitrogen and oxygen atoms in total. The van der Waals surface area contributed by atoms with Gasteiger partial charge in [-0.25, -0.2) is 0 Å². The zero-order valence-electron chi connectivity index (χ0n) is 11.3. The fourth-order valence-electron chi connectivity index (χ4n) is 1.92. The Labute approximate surface area is 107 Å². The van der Waals surface area contributed by atoms with Gasteiger partial charge in [0.2, 0.25) is 11.8 Å². The zero-order valence-corrected chi connectivity index (χ0v) is 11.3. The topological polar surface area (TPSA) is 58.4 Å². The SMILES string of the molecule is C=CCn1c(N(CC)CC)nc(O)c(CC)c1=O. The maximum Gasteiger partial charge on any atom is 0.262 e. The Morgan fingerprint density at radius 2 is 2.00 bits per heavy atom. The molecule has 1 aromatic heterocycles. The first-order valence-electron chi connectivity index (χ1n) is 6.29. The lowest BCUT2D eigenvalue weighted by Crippen LogP contribution is -2.34. The molecule has 0 atom stereocenters. The van der Waals surface area contributed by atoms with Crippen LogP contribution in [0, 0.1) is 0 Å². The molecule has 5 heteroatoms. The van der Waals surface area contributed by atoms with E-state index in [-0.39, 0.29) is 11.4 Å². The third kappa shape index (κ3) is 2.55. The molecule has 0 saturated heterocycles. The second-order valence-corrected chi connectivity index (χ2v) is 3.94. The van der Waals surface area contributed by atoms with Gasteiger partial charge in [0.05, 0.1) is 5.56 Å². The number of hydrogen-bond acceptors (Lipinski definition) is 4. The van der Waals surface area contributed by atoms with Crippen LogP contribution >= 0.6 is 0 Å². The van der Waals surface area contributed by atoms with Crippen molar-refractivity contribution in [2.45, 2.75) is 33.7 Å². The number of allylic oxidation sites excluding steroid dienone is 1. The Balaban J connectivity index is 3.50. The van der Waals surface area contributed by atoms with Crippen molar-refractivity contribution >= 4 is 5.95 Å². The van der Waals surface area contributed by atoms with E-state index in [1.54, 1.807) is 10.6 Å². The minimum atomic E-state index is -0.188. The first kappa shape index (κ1) is 14.3. The maximum absolute atomic E-state index is 12.3. The zero-order chi connectivity index (χ0) is 13.7. The molecule has 0 amide bonds. The van der Waals surface area contributed by atoms with Crippen LogP contribution in [-0.4, -0.2) is 27.7 Å². The van der Waals surface area contributed by atoms with E-state index in [9.17, 15) is 9.90 Å². The van der Waals surface area contributed by atoms with Crippen molar-refractivity contribution in [2.24, 2.45) is 0 Å². The molecule has 100 valence electrons. The monoisotopic (exact) mass is 251 g/mol. The Hall–Kier alpha value is -1.78. The highest BCUT2D eigenvalue weighted by Crippen LogP contribution is 2.17. The lowest BCUT2D eigenvalue weighted by Gasteiger charge is -2.23. The average Bonchev–Trinajstić information content (AvgIpc) is 2.35. The summed E-state index contributed by atoms with van der Waals surface area (Å²) in [5.41, 5.74) is 0.166. The van der Waals surface area contributed by atoms with Crippen LogP contribution in [0.2, 0.25) is 0 Å². The molecule has 0 radical (unpaired) electrons. The highest BCUT2D eigenvalue weighted by Gasteiger charge is 2.17. The largest absolute Gasteiger partial charge is 0.493 e. The Morgan fingerprint density at radius 1 is 1.39 bits per heavy atom. The van der Waals surface area contributed by atoms with E-state index in [1.807, 2.05) is 25.7 Å². The summed E-state index contributed by atoms with van der Waals surface area (Å²) in [5.74, 6) is 0.337. The number of anilines is 1. The second kappa shape index (κ2) is 6.23. The first-order chi connectivity index (χ1) is 8.60. The Morgan fingerprint density at radius 3 is 2.44 bits per heavy atom. The molecule has 1 N–H and O–H groups in total. The van der Waals surface area contributed by atoms with Gasteiger partial charge in [0.15, 0.2) is 0 Å². The standard InChI is InChI=1S/C13H21N3O2/c1-5-9-16-12(18)10(6-2)11(17)14-13(16)15(7-3)8-4/h5,17H,1,6-9H2,2-4H3. The molecule has 0 aliphatic heterocycles. The number of nitrogens with zero attached hydrogens (tertiary/aromatic N) is 3. The second-order valence-electron chi connectivity index (χ2n) is 3.94. The molecule has 0 bridgehead atoms. The molecule has 0 fully saturated rings. The first-order valence-corrected chi connectivity index (χ1v) is 6.29. The van der Waals surface area contributed by atoms with Crippen molar-refractivity contribution in [3.05, 3.63) is 28.6 Å². The third-order valence-corrected chi connectivity index (χ3v) is 2.93. The molecule has 1 heterocycles. The quantitative estimate of drug-likeness (QED) is 0.779. The van der Waals surface area contributed by atoms with Gasteiger partial charge >= 0.3 is 0 Å². The minimum absolute atomic E-state index is 0.162. The van der Waals surface area contributed by atoms with Gasteiger partial charge in [-0.15, -0.1) is 6.58 Å². The third-order valence-electron chi connectivity index (χ3n) is 2.93. The van der Waals surface area contributed by atoms with Crippen LogP contribution in [0.25, 0.3) is 0 Å². The lowest BCUT2D eigenvalue weighted by molar-refractivity contribution is 0.438. The fourth-order valence-corrected chi connectivity index (χ4v) is 1.92. The number of rotatable bonds is 6. The molecule has 0 saturated carbocycles. The van der Waals surface area contributed by atoms with Gasteiger partial charge in [-0.1, -0.05) is 13.0 Å². The summed E-state index contributed by atoms with van der Waals surface area (Å²) >= 11 is 0. The summed E-state index contributed by atoms with van der Waals surface area (Å²) < 4.78 is 1.55. The van der Waals surface area contributed by atoms with Gasteiger partial charge in [-0.05, 0) is 20.3 Å². The van der Waals surface area contributed by atoms with E-state index >= 15 is 0 Å². The van der Waals surface area contributed by atoms with Crippen molar-refractivity contribution in [1.82, 2.24) is 9.55 Å². The molecular weight excluding hydrogens is 230 g/mol. The predicted molar refractivity (Wildman–Crippen MR) is 73.3 cm³/mol. The normalized spacial score (nSPS) is 10.4. The molecule has 0 aliphatic carbocycles. The fraction of sp³-hybridized carbons (Fsp3) is 0.538. The van der Waals surface area contributed by atoms with Crippen molar-refractivity contribution in [2.75, 3.05) is 18.0 Å². The van der Waals surface area contributed by atoms with E-state index in [1.165, 1.54) is 0 Å². The summed E-state index contributed by atoms with van der Waals surface area (Å²) in [6.45, 7) is 11.3. The molecule has 0 aliphatic rings. The van der Waals surface area contributed by atoms with Crippen LogP contribution in [0.5, 0.6) is 5.88 Å². The maximum atomic E-state index is 12.3. The highest BCUT2D eigenvalue weighted by molar-refractivity contribution is 5.37. The van der Waals surface area contributed by atoms with E-state index in [0.717, 1.165) is 13.1 Å². The van der Waals surface area contributed by atoms with Gasteiger partial charge in [0.25, 0.3) is 5.56 Å². The van der Waals surface area contributed by atoms with E-state index in [4.69, 9.17) is 0 Å². The number of aromatic nitrogens is 2. The van der Waals surface area contributed by atoms with Crippen molar-refractivity contribution in [1.29, 1.82) is 0 Å². The van der Waals surface area contributed by atoms with Crippen LogP contribution in [0.4, 0.5) is 5.95 Å². The molecule has 1 rings (SSSR count). The van der Waals surface area contributed by atoms with Gasteiger partial charge in [-0.2, -0.15) is 4.98 Å². The summed E-state index contributed by atoms with van der Waals surface area (Å²) in [6, 6.07) is 0. The minimum Gasteiger partial charge on any atom is -0.493 e. The van der Waals surface area contributed by atoms with Crippen molar-refractivity contribution in [3.8, 4) is 5.88 Å². The summed E-state index contributed by atoms with van der Waals surface area (Å²) in [5, 5.41) is 9.83. The summed E-state index contributed by atoms with van der Waals surface area (Å²) in [6.07, 6.45) is 2.12. The van der Waals surface area contributed by atoms with Crippen LogP contribution < -0.4 is 10.5 Å². The van der Waals surface area contributed by atoms with Crippen LogP contribution in [0.3, 0.4) is 0 Å². The lowest BCUT2D eigenvalue weighted by atomic mass is 10.2. The average molecular weight is 251 g/mol. The van der Waals surface area contributed by atoms with Crippen molar-refractivity contribution < 1.29 is 5.11 Å². The Kier molecular flexibility index (Phi) is 4.95. The van der Waals surface area contributed by atoms with Crippen molar-refractivity contribution in [3.63, 3.8) is 0 Å². The Bertz CT molecular complexity index is 476. The van der Waals surface area contributed by atoms with E-state index in [0.29, 0.717) is 24.5 Å². The summed E-state index contributed by atoms with van der Waals surface area (Å²) in [4.78, 5) is 18.4. The highest BCUT2D eigenvalue weighted by atomic mass is 16.3. The summed E-state index contributed by atoms with van der Waals surface area (Å²) in [7, 11) is 0. The van der Waals surface area contributed by atoms with Gasteiger partial charge in [-0.3, -0.25) is 9.36 Å². The number of aromatic hydroxyl groups is 1. The molecule has 0 spiro atoms. The molecule has 0 unspecified atom stereocenters. The van der Waals surface area contributed by atoms with Crippen LogP contribution in [0.15, 0.2) is 17.4 Å². The van der Waals surface area contributed by atoms with Gasteiger partial charge in [0.1, 0.15) is 0 Å². The van der Waals surface area contributed by atoms with E-state index < -0.39 is 0 Å². The molecule has 1 aromatic rings. The van der Waals surface area contributed by atoms with Crippen LogP contribution in [0.1, 0.15) is 26.3 Å². The molecular formula is C13H21N3O2. The number of hydrogen-bond donors (Lipinski definition) is 1. The predicted octanol–water partition coefficient (Wildman–Crippen LogP) is 1.54. The van der Waals surface area contributed by atoms with Gasteiger partial charge < -0.3 is 10.0 Å². The molecule has 18 heavy (non-hydrogen) atoms.